The second kappa shape index (κ2) is 8.03. The van der Waals surface area contributed by atoms with Gasteiger partial charge < -0.3 is 15.0 Å². The van der Waals surface area contributed by atoms with Gasteiger partial charge in [-0.05, 0) is 43.2 Å². The standard InChI is InChI=1S/C19H20FN3O4/c1-2-27-17-5-3-4-15(18(17)23(25)26)21-16-10-11-22(19(16)24)12-13-6-8-14(20)9-7-13/h3-9,16,21H,2,10-12H2,1H3. The molecule has 2 aromatic rings. The third kappa shape index (κ3) is 4.16. The van der Waals surface area contributed by atoms with Crippen molar-refractivity contribution in [1.82, 2.24) is 4.90 Å². The maximum absolute atomic E-state index is 13.0. The molecule has 1 atom stereocenters. The van der Waals surface area contributed by atoms with E-state index < -0.39 is 11.0 Å². The molecule has 1 aliphatic heterocycles. The number of benzene rings is 2. The van der Waals surface area contributed by atoms with Crippen LogP contribution in [0.3, 0.4) is 0 Å². The number of halogens is 1. The molecule has 1 aliphatic rings. The van der Waals surface area contributed by atoms with Crippen LogP contribution in [-0.2, 0) is 11.3 Å². The number of para-hydroxylation sites is 1. The monoisotopic (exact) mass is 373 g/mol. The van der Waals surface area contributed by atoms with Crippen LogP contribution < -0.4 is 10.1 Å². The summed E-state index contributed by atoms with van der Waals surface area (Å²) in [6.45, 7) is 2.95. The molecule has 1 amide bonds. The minimum atomic E-state index is -0.555. The average molecular weight is 373 g/mol. The highest BCUT2D eigenvalue weighted by molar-refractivity contribution is 5.88. The normalized spacial score (nSPS) is 16.4. The number of nitrogens with zero attached hydrogens (tertiary/aromatic N) is 2. The number of hydrogen-bond acceptors (Lipinski definition) is 5. The molecule has 27 heavy (non-hydrogen) atoms. The summed E-state index contributed by atoms with van der Waals surface area (Å²) in [4.78, 5) is 25.3. The van der Waals surface area contributed by atoms with Gasteiger partial charge in [0, 0.05) is 13.1 Å². The van der Waals surface area contributed by atoms with Crippen LogP contribution in [0.1, 0.15) is 18.9 Å². The predicted molar refractivity (Wildman–Crippen MR) is 98.1 cm³/mol. The summed E-state index contributed by atoms with van der Waals surface area (Å²) in [5, 5.41) is 14.5. The Morgan fingerprint density at radius 1 is 1.30 bits per heavy atom. The molecule has 7 nitrogen and oxygen atoms in total. The van der Waals surface area contributed by atoms with Gasteiger partial charge in [0.15, 0.2) is 5.75 Å². The summed E-state index contributed by atoms with van der Waals surface area (Å²) in [5.41, 5.74) is 0.909. The average Bonchev–Trinajstić information content (AvgIpc) is 2.97. The van der Waals surface area contributed by atoms with Crippen LogP contribution in [0.4, 0.5) is 15.8 Å². The zero-order chi connectivity index (χ0) is 19.4. The zero-order valence-corrected chi connectivity index (χ0v) is 14.9. The van der Waals surface area contributed by atoms with Crippen molar-refractivity contribution < 1.29 is 18.8 Å². The molecule has 1 N–H and O–H groups in total. The Balaban J connectivity index is 1.73. The molecule has 0 bridgehead atoms. The third-order valence-electron chi connectivity index (χ3n) is 4.40. The van der Waals surface area contributed by atoms with Crippen molar-refractivity contribution in [2.45, 2.75) is 25.9 Å². The van der Waals surface area contributed by atoms with Crippen LogP contribution >= 0.6 is 0 Å². The lowest BCUT2D eigenvalue weighted by Crippen LogP contribution is -2.33. The van der Waals surface area contributed by atoms with E-state index in [2.05, 4.69) is 5.32 Å². The summed E-state index contributed by atoms with van der Waals surface area (Å²) in [7, 11) is 0. The first-order valence-corrected chi connectivity index (χ1v) is 8.69. The van der Waals surface area contributed by atoms with Gasteiger partial charge in [-0.1, -0.05) is 18.2 Å². The number of hydrogen-bond donors (Lipinski definition) is 1. The van der Waals surface area contributed by atoms with Gasteiger partial charge in [0.1, 0.15) is 17.5 Å². The van der Waals surface area contributed by atoms with Gasteiger partial charge in [-0.3, -0.25) is 14.9 Å². The predicted octanol–water partition coefficient (Wildman–Crippen LogP) is 3.35. The molecule has 2 aromatic carbocycles. The number of carbonyl (C=O) groups excluding carboxylic acids is 1. The molecule has 142 valence electrons. The van der Waals surface area contributed by atoms with Gasteiger partial charge in [0.05, 0.1) is 11.5 Å². The number of carbonyl (C=O) groups is 1. The molecular weight excluding hydrogens is 353 g/mol. The Labute approximate surface area is 155 Å². The van der Waals surface area contributed by atoms with Crippen molar-refractivity contribution in [3.63, 3.8) is 0 Å². The molecule has 1 saturated heterocycles. The highest BCUT2D eigenvalue weighted by Gasteiger charge is 2.33. The zero-order valence-electron chi connectivity index (χ0n) is 14.9. The second-order valence-corrected chi connectivity index (χ2v) is 6.21. The molecule has 0 aromatic heterocycles. The van der Waals surface area contributed by atoms with Crippen LogP contribution in [0.2, 0.25) is 0 Å². The van der Waals surface area contributed by atoms with E-state index in [0.29, 0.717) is 26.1 Å². The topological polar surface area (TPSA) is 84.7 Å². The van der Waals surface area contributed by atoms with Crippen LogP contribution in [0.25, 0.3) is 0 Å². The van der Waals surface area contributed by atoms with Gasteiger partial charge in [0.25, 0.3) is 0 Å². The quantitative estimate of drug-likeness (QED) is 0.594. The van der Waals surface area contributed by atoms with Crippen molar-refractivity contribution in [2.24, 2.45) is 0 Å². The van der Waals surface area contributed by atoms with E-state index in [9.17, 15) is 19.3 Å². The first-order chi connectivity index (χ1) is 13.0. The molecule has 1 unspecified atom stereocenters. The van der Waals surface area contributed by atoms with Gasteiger partial charge >= 0.3 is 5.69 Å². The van der Waals surface area contributed by atoms with Crippen molar-refractivity contribution in [3.05, 3.63) is 64.0 Å². The minimum Gasteiger partial charge on any atom is -0.487 e. The van der Waals surface area contributed by atoms with E-state index in [-0.39, 0.29) is 28.8 Å². The Kier molecular flexibility index (Phi) is 5.54. The van der Waals surface area contributed by atoms with Crippen LogP contribution in [0.15, 0.2) is 42.5 Å². The fraction of sp³-hybridized carbons (Fsp3) is 0.316. The van der Waals surface area contributed by atoms with E-state index in [1.54, 1.807) is 36.1 Å². The molecule has 0 aliphatic carbocycles. The third-order valence-corrected chi connectivity index (χ3v) is 4.40. The number of ether oxygens (including phenoxy) is 1. The first kappa shape index (κ1) is 18.6. The Morgan fingerprint density at radius 3 is 2.70 bits per heavy atom. The lowest BCUT2D eigenvalue weighted by Gasteiger charge is -2.18. The molecule has 0 saturated carbocycles. The number of anilines is 1. The van der Waals surface area contributed by atoms with Crippen molar-refractivity contribution >= 4 is 17.3 Å². The van der Waals surface area contributed by atoms with Gasteiger partial charge in [-0.15, -0.1) is 0 Å². The fourth-order valence-corrected chi connectivity index (χ4v) is 3.13. The Hall–Kier alpha value is -3.16. The molecular formula is C19H20FN3O4. The van der Waals surface area contributed by atoms with Crippen molar-refractivity contribution in [1.29, 1.82) is 0 Å². The largest absolute Gasteiger partial charge is 0.487 e. The first-order valence-electron chi connectivity index (χ1n) is 8.69. The number of rotatable bonds is 7. The van der Waals surface area contributed by atoms with E-state index in [1.807, 2.05) is 0 Å². The number of amides is 1. The van der Waals surface area contributed by atoms with Crippen LogP contribution in [-0.4, -0.2) is 34.9 Å². The lowest BCUT2D eigenvalue weighted by atomic mass is 10.2. The highest BCUT2D eigenvalue weighted by atomic mass is 19.1. The second-order valence-electron chi connectivity index (χ2n) is 6.21. The fourth-order valence-electron chi connectivity index (χ4n) is 3.13. The highest BCUT2D eigenvalue weighted by Crippen LogP contribution is 2.36. The maximum Gasteiger partial charge on any atom is 0.333 e. The molecule has 3 rings (SSSR count). The summed E-state index contributed by atoms with van der Waals surface area (Å²) in [6.07, 6.45) is 0.524. The van der Waals surface area contributed by atoms with E-state index in [4.69, 9.17) is 4.74 Å². The summed E-state index contributed by atoms with van der Waals surface area (Å²) < 4.78 is 18.3. The van der Waals surface area contributed by atoms with Crippen LogP contribution in [0, 0.1) is 15.9 Å². The van der Waals surface area contributed by atoms with E-state index in [1.165, 1.54) is 18.2 Å². The van der Waals surface area contributed by atoms with Gasteiger partial charge in [-0.25, -0.2) is 4.39 Å². The molecule has 0 radical (unpaired) electrons. The summed E-state index contributed by atoms with van der Waals surface area (Å²) >= 11 is 0. The Morgan fingerprint density at radius 2 is 2.04 bits per heavy atom. The maximum atomic E-state index is 13.0. The van der Waals surface area contributed by atoms with Crippen molar-refractivity contribution in [3.8, 4) is 5.75 Å². The minimum absolute atomic E-state index is 0.143. The lowest BCUT2D eigenvalue weighted by molar-refractivity contribution is -0.384. The van der Waals surface area contributed by atoms with Crippen molar-refractivity contribution in [2.75, 3.05) is 18.5 Å². The van der Waals surface area contributed by atoms with Gasteiger partial charge in [-0.2, -0.15) is 0 Å². The van der Waals surface area contributed by atoms with Crippen LogP contribution in [0.5, 0.6) is 5.75 Å². The smallest absolute Gasteiger partial charge is 0.333 e. The number of nitro groups is 1. The SMILES string of the molecule is CCOc1cccc(NC2CCN(Cc3ccc(F)cc3)C2=O)c1[N+](=O)[O-]. The number of nitro benzene ring substituents is 1. The molecule has 1 heterocycles. The summed E-state index contributed by atoms with van der Waals surface area (Å²) in [5.74, 6) is -0.302. The number of likely N-dealkylation sites (tertiary alicyclic amines) is 1. The molecule has 8 heteroatoms. The van der Waals surface area contributed by atoms with Gasteiger partial charge in [0.2, 0.25) is 5.91 Å². The molecule has 1 fully saturated rings. The number of nitrogens with one attached hydrogen (secondary N) is 1. The Bertz CT molecular complexity index is 841. The molecule has 0 spiro atoms. The van der Waals surface area contributed by atoms with E-state index >= 15 is 0 Å². The van der Waals surface area contributed by atoms with E-state index in [0.717, 1.165) is 5.56 Å². The summed E-state index contributed by atoms with van der Waals surface area (Å²) in [6, 6.07) is 10.2.